The Hall–Kier alpha value is -1.45. The number of nitrogens with zero attached hydrogens (tertiary/aromatic N) is 1. The van der Waals surface area contributed by atoms with Crippen molar-refractivity contribution < 1.29 is 18.4 Å². The van der Waals surface area contributed by atoms with Crippen LogP contribution in [0.2, 0.25) is 5.02 Å². The van der Waals surface area contributed by atoms with E-state index >= 15 is 0 Å². The van der Waals surface area contributed by atoms with Crippen LogP contribution in [0.5, 0.6) is 0 Å². The first kappa shape index (κ1) is 17.9. The molecule has 6 nitrogen and oxygen atoms in total. The Balaban J connectivity index is 2.26. The molecule has 1 heterocycles. The molecular weight excluding hydrogens is 360 g/mol. The lowest BCUT2D eigenvalue weighted by Crippen LogP contribution is -2.34. The Kier molecular flexibility index (Phi) is 6.14. The fraction of sp³-hybridized carbons (Fsp3) is 0.214. The zero-order valence-electron chi connectivity index (χ0n) is 12.0. The van der Waals surface area contributed by atoms with Gasteiger partial charge in [0.2, 0.25) is 15.9 Å². The first-order valence-electron chi connectivity index (χ1n) is 6.64. The zero-order chi connectivity index (χ0) is 16.9. The van der Waals surface area contributed by atoms with E-state index in [4.69, 9.17) is 16.8 Å². The highest BCUT2D eigenvalue weighted by molar-refractivity contribution is 7.89. The summed E-state index contributed by atoms with van der Waals surface area (Å²) >= 11 is 7.22. The first-order chi connectivity index (χ1) is 10.9. The van der Waals surface area contributed by atoms with Crippen LogP contribution >= 0.6 is 22.9 Å². The number of hydroxylamine groups is 1. The van der Waals surface area contributed by atoms with Gasteiger partial charge in [-0.2, -0.15) is 4.31 Å². The second kappa shape index (κ2) is 7.89. The van der Waals surface area contributed by atoms with Crippen LogP contribution in [0.3, 0.4) is 0 Å². The molecule has 2 rings (SSSR count). The molecule has 23 heavy (non-hydrogen) atoms. The number of nitrogens with one attached hydrogen (secondary N) is 1. The van der Waals surface area contributed by atoms with Gasteiger partial charge in [0.05, 0.1) is 4.90 Å². The summed E-state index contributed by atoms with van der Waals surface area (Å²) < 4.78 is 26.7. The molecule has 0 atom stereocenters. The van der Waals surface area contributed by atoms with Crippen molar-refractivity contribution in [2.24, 2.45) is 0 Å². The van der Waals surface area contributed by atoms with Crippen LogP contribution in [0, 0.1) is 0 Å². The van der Waals surface area contributed by atoms with Crippen molar-refractivity contribution >= 4 is 38.9 Å². The number of carbonyl (C=O) groups excluding carboxylic acids is 1. The van der Waals surface area contributed by atoms with Crippen molar-refractivity contribution in [3.63, 3.8) is 0 Å². The number of carbonyl (C=O) groups is 1. The molecule has 0 aliphatic carbocycles. The highest BCUT2D eigenvalue weighted by Crippen LogP contribution is 2.22. The van der Waals surface area contributed by atoms with Gasteiger partial charge in [-0.3, -0.25) is 10.0 Å². The van der Waals surface area contributed by atoms with Crippen molar-refractivity contribution in [1.29, 1.82) is 0 Å². The molecule has 1 amide bonds. The zero-order valence-corrected chi connectivity index (χ0v) is 14.4. The normalized spacial score (nSPS) is 11.6. The van der Waals surface area contributed by atoms with E-state index in [1.54, 1.807) is 0 Å². The van der Waals surface area contributed by atoms with E-state index in [0.29, 0.717) is 5.02 Å². The van der Waals surface area contributed by atoms with Crippen LogP contribution in [-0.2, 0) is 21.4 Å². The fourth-order valence-corrected chi connectivity index (χ4v) is 4.24. The molecule has 0 saturated heterocycles. The number of hydrogen-bond donors (Lipinski definition) is 2. The molecule has 0 fully saturated rings. The summed E-state index contributed by atoms with van der Waals surface area (Å²) in [7, 11) is -3.78. The van der Waals surface area contributed by atoms with Gasteiger partial charge in [0, 0.05) is 29.4 Å². The van der Waals surface area contributed by atoms with E-state index in [1.165, 1.54) is 45.4 Å². The Labute approximate surface area is 143 Å². The number of amides is 1. The molecule has 1 aromatic heterocycles. The van der Waals surface area contributed by atoms with Crippen LogP contribution in [0.1, 0.15) is 11.3 Å². The summed E-state index contributed by atoms with van der Waals surface area (Å²) in [5.41, 5.74) is 1.50. The van der Waals surface area contributed by atoms with E-state index in [1.807, 2.05) is 17.5 Å². The van der Waals surface area contributed by atoms with Gasteiger partial charge in [0.25, 0.3) is 0 Å². The van der Waals surface area contributed by atoms with Gasteiger partial charge in [0.15, 0.2) is 0 Å². The number of halogens is 1. The Bertz CT molecular complexity index is 746. The van der Waals surface area contributed by atoms with Gasteiger partial charge in [-0.05, 0) is 35.7 Å². The number of sulfonamides is 1. The van der Waals surface area contributed by atoms with E-state index in [-0.39, 0.29) is 24.4 Å². The largest absolute Gasteiger partial charge is 0.289 e. The van der Waals surface area contributed by atoms with Crippen molar-refractivity contribution in [2.45, 2.75) is 17.9 Å². The van der Waals surface area contributed by atoms with E-state index in [0.717, 1.165) is 4.88 Å². The van der Waals surface area contributed by atoms with Crippen molar-refractivity contribution in [2.75, 3.05) is 6.54 Å². The van der Waals surface area contributed by atoms with Crippen LogP contribution in [0.25, 0.3) is 0 Å². The fourth-order valence-electron chi connectivity index (χ4n) is 1.90. The summed E-state index contributed by atoms with van der Waals surface area (Å²) in [5, 5.41) is 10.9. The van der Waals surface area contributed by atoms with Gasteiger partial charge in [-0.1, -0.05) is 17.7 Å². The molecule has 124 valence electrons. The molecule has 0 aliphatic rings. The molecule has 0 unspecified atom stereocenters. The minimum atomic E-state index is -3.78. The molecule has 0 radical (unpaired) electrons. The lowest BCUT2D eigenvalue weighted by molar-refractivity contribution is -0.129. The minimum absolute atomic E-state index is 0.0464. The third-order valence-electron chi connectivity index (χ3n) is 3.08. The Morgan fingerprint density at radius 2 is 1.96 bits per heavy atom. The second-order valence-electron chi connectivity index (χ2n) is 4.66. The predicted molar refractivity (Wildman–Crippen MR) is 87.9 cm³/mol. The molecule has 2 aromatic rings. The molecule has 9 heteroatoms. The van der Waals surface area contributed by atoms with Gasteiger partial charge < -0.3 is 0 Å². The number of thiophene rings is 1. The average Bonchev–Trinajstić information content (AvgIpc) is 3.04. The summed E-state index contributed by atoms with van der Waals surface area (Å²) in [6.07, 6.45) is -0.144. The maximum Gasteiger partial charge on any atom is 0.244 e. The van der Waals surface area contributed by atoms with Gasteiger partial charge >= 0.3 is 0 Å². The molecule has 0 aliphatic heterocycles. The summed E-state index contributed by atoms with van der Waals surface area (Å²) in [6.45, 7) is 0.108. The highest BCUT2D eigenvalue weighted by Gasteiger charge is 2.25. The van der Waals surface area contributed by atoms with Crippen molar-refractivity contribution in [3.05, 3.63) is 51.7 Å². The minimum Gasteiger partial charge on any atom is -0.289 e. The maximum atomic E-state index is 12.8. The van der Waals surface area contributed by atoms with Crippen LogP contribution in [-0.4, -0.2) is 30.4 Å². The first-order valence-corrected chi connectivity index (χ1v) is 9.34. The standard InChI is InChI=1S/C14H15ClN2O4S2/c15-11-3-5-13(6-4-11)23(20,21)17(8-7-14(18)16-19)10-12-2-1-9-22-12/h1-6,9,19H,7-8,10H2,(H,16,18). The van der Waals surface area contributed by atoms with Crippen molar-refractivity contribution in [3.8, 4) is 0 Å². The maximum absolute atomic E-state index is 12.8. The summed E-state index contributed by atoms with van der Waals surface area (Å²) in [5.74, 6) is -0.646. The smallest absolute Gasteiger partial charge is 0.244 e. The third-order valence-corrected chi connectivity index (χ3v) is 6.05. The van der Waals surface area contributed by atoms with Crippen LogP contribution in [0.15, 0.2) is 46.7 Å². The van der Waals surface area contributed by atoms with E-state index in [9.17, 15) is 13.2 Å². The quantitative estimate of drug-likeness (QED) is 0.575. The number of hydrogen-bond acceptors (Lipinski definition) is 5. The molecule has 0 saturated carbocycles. The monoisotopic (exact) mass is 374 g/mol. The lowest BCUT2D eigenvalue weighted by atomic mass is 10.4. The lowest BCUT2D eigenvalue weighted by Gasteiger charge is -2.21. The molecular formula is C14H15ClN2O4S2. The van der Waals surface area contributed by atoms with Crippen LogP contribution < -0.4 is 5.48 Å². The molecule has 1 aromatic carbocycles. The van der Waals surface area contributed by atoms with Gasteiger partial charge in [-0.15, -0.1) is 11.3 Å². The summed E-state index contributed by atoms with van der Waals surface area (Å²) in [6, 6.07) is 9.49. The molecule has 0 bridgehead atoms. The number of rotatable bonds is 7. The molecule has 0 spiro atoms. The third kappa shape index (κ3) is 4.76. The average molecular weight is 375 g/mol. The van der Waals surface area contributed by atoms with E-state index in [2.05, 4.69) is 0 Å². The Morgan fingerprint density at radius 1 is 1.26 bits per heavy atom. The SMILES string of the molecule is O=C(CCN(Cc1cccs1)S(=O)(=O)c1ccc(Cl)cc1)NO. The van der Waals surface area contributed by atoms with Crippen molar-refractivity contribution in [1.82, 2.24) is 9.79 Å². The predicted octanol–water partition coefficient (Wildman–Crippen LogP) is 2.49. The van der Waals surface area contributed by atoms with E-state index < -0.39 is 15.9 Å². The summed E-state index contributed by atoms with van der Waals surface area (Å²) in [4.78, 5) is 12.2. The number of benzene rings is 1. The molecule has 2 N–H and O–H groups in total. The van der Waals surface area contributed by atoms with Gasteiger partial charge in [0.1, 0.15) is 0 Å². The highest BCUT2D eigenvalue weighted by atomic mass is 35.5. The second-order valence-corrected chi connectivity index (χ2v) is 8.06. The topological polar surface area (TPSA) is 86.7 Å². The van der Waals surface area contributed by atoms with Gasteiger partial charge in [-0.25, -0.2) is 13.9 Å². The van der Waals surface area contributed by atoms with Crippen LogP contribution in [0.4, 0.5) is 0 Å². The Morgan fingerprint density at radius 3 is 2.52 bits per heavy atom.